The van der Waals surface area contributed by atoms with E-state index in [1.807, 2.05) is 0 Å². The molecule has 0 aliphatic rings. The molecule has 1 N–H and O–H groups in total. The van der Waals surface area contributed by atoms with Gasteiger partial charge >= 0.3 is 0 Å². The van der Waals surface area contributed by atoms with E-state index in [4.69, 9.17) is 14.2 Å². The van der Waals surface area contributed by atoms with Gasteiger partial charge in [-0.15, -0.1) is 0 Å². The summed E-state index contributed by atoms with van der Waals surface area (Å²) in [5.74, 6) is 0.615. The Morgan fingerprint density at radius 2 is 1.62 bits per heavy atom. The minimum Gasteiger partial charge on any atom is -0.385 e. The Hall–Kier alpha value is -0.160. The molecule has 0 aliphatic heterocycles. The van der Waals surface area contributed by atoms with Crippen LogP contribution in [0.5, 0.6) is 0 Å². The topological polar surface area (TPSA) is 39.7 Å². The van der Waals surface area contributed by atoms with Gasteiger partial charge in [-0.05, 0) is 12.3 Å². The monoisotopic (exact) mass is 233 g/mol. The molecule has 0 aliphatic carbocycles. The van der Waals surface area contributed by atoms with Gasteiger partial charge in [0.15, 0.2) is 0 Å². The molecule has 0 unspecified atom stereocenters. The number of nitrogens with one attached hydrogen (secondary N) is 1. The van der Waals surface area contributed by atoms with Gasteiger partial charge in [-0.25, -0.2) is 0 Å². The molecule has 0 heterocycles. The van der Waals surface area contributed by atoms with E-state index in [-0.39, 0.29) is 0 Å². The number of hydrogen-bond acceptors (Lipinski definition) is 4. The quantitative estimate of drug-likeness (QED) is 0.516. The summed E-state index contributed by atoms with van der Waals surface area (Å²) in [6.07, 6.45) is 0.966. The van der Waals surface area contributed by atoms with Crippen molar-refractivity contribution < 1.29 is 14.2 Å². The second kappa shape index (κ2) is 12.9. The van der Waals surface area contributed by atoms with Gasteiger partial charge in [0.1, 0.15) is 0 Å². The molecule has 0 saturated heterocycles. The SMILES string of the molecule is COCCCOCCNCCOCC(C)C. The van der Waals surface area contributed by atoms with Crippen LogP contribution in [-0.2, 0) is 14.2 Å². The number of hydrogen-bond donors (Lipinski definition) is 1. The van der Waals surface area contributed by atoms with Crippen molar-refractivity contribution in [3.8, 4) is 0 Å². The molecule has 4 nitrogen and oxygen atoms in total. The largest absolute Gasteiger partial charge is 0.385 e. The van der Waals surface area contributed by atoms with Gasteiger partial charge in [0.05, 0.1) is 13.2 Å². The average molecular weight is 233 g/mol. The number of rotatable bonds is 12. The van der Waals surface area contributed by atoms with E-state index >= 15 is 0 Å². The van der Waals surface area contributed by atoms with Crippen LogP contribution in [0.4, 0.5) is 0 Å². The molecule has 0 rings (SSSR count). The number of methoxy groups -OCH3 is 1. The summed E-state index contributed by atoms with van der Waals surface area (Å²) in [7, 11) is 1.71. The maximum absolute atomic E-state index is 5.43. The zero-order valence-electron chi connectivity index (χ0n) is 11.0. The summed E-state index contributed by atoms with van der Waals surface area (Å²) < 4.78 is 15.8. The van der Waals surface area contributed by atoms with Crippen LogP contribution < -0.4 is 5.32 Å². The highest BCUT2D eigenvalue weighted by Crippen LogP contribution is 1.90. The van der Waals surface area contributed by atoms with Crippen molar-refractivity contribution in [2.75, 3.05) is 53.2 Å². The van der Waals surface area contributed by atoms with E-state index in [0.717, 1.165) is 52.5 Å². The maximum atomic E-state index is 5.43. The lowest BCUT2D eigenvalue weighted by Crippen LogP contribution is -2.24. The zero-order valence-corrected chi connectivity index (χ0v) is 11.0. The fourth-order valence-corrected chi connectivity index (χ4v) is 1.14. The third-order valence-electron chi connectivity index (χ3n) is 1.93. The Labute approximate surface area is 99.6 Å². The summed E-state index contributed by atoms with van der Waals surface area (Å²) in [6, 6.07) is 0. The molecule has 0 bridgehead atoms. The van der Waals surface area contributed by atoms with E-state index in [9.17, 15) is 0 Å². The second-order valence-corrected chi connectivity index (χ2v) is 4.18. The summed E-state index contributed by atoms with van der Waals surface area (Å²) in [6.45, 7) is 10.0. The minimum absolute atomic E-state index is 0.615. The van der Waals surface area contributed by atoms with Crippen LogP contribution in [0.1, 0.15) is 20.3 Å². The van der Waals surface area contributed by atoms with E-state index in [2.05, 4.69) is 19.2 Å². The molecule has 0 spiro atoms. The van der Waals surface area contributed by atoms with Gasteiger partial charge < -0.3 is 19.5 Å². The van der Waals surface area contributed by atoms with Crippen molar-refractivity contribution in [3.05, 3.63) is 0 Å². The Bertz CT molecular complexity index is 131. The summed E-state index contributed by atoms with van der Waals surface area (Å²) in [5, 5.41) is 3.27. The van der Waals surface area contributed by atoms with E-state index in [1.54, 1.807) is 7.11 Å². The van der Waals surface area contributed by atoms with Gasteiger partial charge in [0.25, 0.3) is 0 Å². The molecule has 0 aromatic heterocycles. The second-order valence-electron chi connectivity index (χ2n) is 4.18. The van der Waals surface area contributed by atoms with Crippen LogP contribution in [0.25, 0.3) is 0 Å². The highest BCUT2D eigenvalue weighted by Gasteiger charge is 1.93. The lowest BCUT2D eigenvalue weighted by atomic mass is 10.2. The molecular formula is C12H27NO3. The Kier molecular flexibility index (Phi) is 12.8. The van der Waals surface area contributed by atoms with Crippen molar-refractivity contribution in [1.29, 1.82) is 0 Å². The molecule has 98 valence electrons. The first kappa shape index (κ1) is 15.8. The standard InChI is InChI=1S/C12H27NO3/c1-12(2)11-16-10-6-13-5-9-15-8-4-7-14-3/h12-13H,4-11H2,1-3H3. The van der Waals surface area contributed by atoms with Crippen LogP contribution in [0.3, 0.4) is 0 Å². The first-order valence-electron chi connectivity index (χ1n) is 6.12. The molecule has 0 amide bonds. The lowest BCUT2D eigenvalue weighted by Gasteiger charge is -2.08. The van der Waals surface area contributed by atoms with E-state index < -0.39 is 0 Å². The Morgan fingerprint density at radius 3 is 2.25 bits per heavy atom. The fourth-order valence-electron chi connectivity index (χ4n) is 1.14. The Balaban J connectivity index is 2.88. The van der Waals surface area contributed by atoms with Crippen molar-refractivity contribution in [1.82, 2.24) is 5.32 Å². The molecule has 16 heavy (non-hydrogen) atoms. The molecule has 4 heteroatoms. The van der Waals surface area contributed by atoms with Gasteiger partial charge in [0.2, 0.25) is 0 Å². The minimum atomic E-state index is 0.615. The van der Waals surface area contributed by atoms with Crippen molar-refractivity contribution in [3.63, 3.8) is 0 Å². The molecule has 0 fully saturated rings. The molecular weight excluding hydrogens is 206 g/mol. The van der Waals surface area contributed by atoms with Crippen molar-refractivity contribution >= 4 is 0 Å². The first-order chi connectivity index (χ1) is 7.77. The van der Waals surface area contributed by atoms with E-state index in [0.29, 0.717) is 5.92 Å². The van der Waals surface area contributed by atoms with E-state index in [1.165, 1.54) is 0 Å². The van der Waals surface area contributed by atoms with Crippen LogP contribution in [0, 0.1) is 5.92 Å². The fraction of sp³-hybridized carbons (Fsp3) is 1.00. The van der Waals surface area contributed by atoms with Gasteiger partial charge in [-0.3, -0.25) is 0 Å². The summed E-state index contributed by atoms with van der Waals surface area (Å²) in [5.41, 5.74) is 0. The van der Waals surface area contributed by atoms with Crippen LogP contribution in [0.2, 0.25) is 0 Å². The van der Waals surface area contributed by atoms with Crippen LogP contribution in [0.15, 0.2) is 0 Å². The first-order valence-corrected chi connectivity index (χ1v) is 6.12. The normalized spacial score (nSPS) is 11.2. The molecule has 0 radical (unpaired) electrons. The maximum Gasteiger partial charge on any atom is 0.0591 e. The van der Waals surface area contributed by atoms with Gasteiger partial charge in [-0.1, -0.05) is 13.8 Å². The van der Waals surface area contributed by atoms with Crippen LogP contribution >= 0.6 is 0 Å². The highest BCUT2D eigenvalue weighted by molar-refractivity contribution is 4.46. The molecule has 0 aromatic carbocycles. The molecule has 0 atom stereocenters. The molecule has 0 saturated carbocycles. The zero-order chi connectivity index (χ0) is 12.1. The third-order valence-corrected chi connectivity index (χ3v) is 1.93. The van der Waals surface area contributed by atoms with Crippen molar-refractivity contribution in [2.45, 2.75) is 20.3 Å². The van der Waals surface area contributed by atoms with Gasteiger partial charge in [0, 0.05) is 40.0 Å². The highest BCUT2D eigenvalue weighted by atomic mass is 16.5. The third kappa shape index (κ3) is 13.8. The smallest absolute Gasteiger partial charge is 0.0591 e. The molecule has 0 aromatic rings. The van der Waals surface area contributed by atoms with Crippen molar-refractivity contribution in [2.24, 2.45) is 5.92 Å². The summed E-state index contributed by atoms with van der Waals surface area (Å²) in [4.78, 5) is 0. The van der Waals surface area contributed by atoms with Crippen LogP contribution in [-0.4, -0.2) is 53.2 Å². The van der Waals surface area contributed by atoms with Gasteiger partial charge in [-0.2, -0.15) is 0 Å². The predicted octanol–water partition coefficient (Wildman–Crippen LogP) is 1.30. The lowest BCUT2D eigenvalue weighted by molar-refractivity contribution is 0.0961. The number of ether oxygens (including phenoxy) is 3. The summed E-state index contributed by atoms with van der Waals surface area (Å²) >= 11 is 0. The predicted molar refractivity (Wildman–Crippen MR) is 65.8 cm³/mol. The Morgan fingerprint density at radius 1 is 0.938 bits per heavy atom. The average Bonchev–Trinajstić information content (AvgIpc) is 2.25.